The second-order valence-electron chi connectivity index (χ2n) is 11.1. The SMILES string of the molecule is CN1CCN(CCCc2ccc(/C=C/C=C/C=C/c3ccc(CCCN4CCN(C)CC4)cc3)cc2)CC1. The highest BCUT2D eigenvalue weighted by molar-refractivity contribution is 5.54. The zero-order valence-electron chi connectivity index (χ0n) is 23.8. The Kier molecular flexibility index (Phi) is 11.9. The molecule has 4 rings (SSSR count). The van der Waals surface area contributed by atoms with Gasteiger partial charge in [-0.3, -0.25) is 0 Å². The summed E-state index contributed by atoms with van der Waals surface area (Å²) in [6, 6.07) is 18.1. The Bertz CT molecular complexity index is 922. The molecule has 0 aromatic heterocycles. The summed E-state index contributed by atoms with van der Waals surface area (Å²) in [6.07, 6.45) is 17.6. The summed E-state index contributed by atoms with van der Waals surface area (Å²) in [5.74, 6) is 0. The van der Waals surface area contributed by atoms with E-state index in [1.54, 1.807) is 0 Å². The molecule has 0 saturated carbocycles. The Morgan fingerprint density at radius 1 is 0.500 bits per heavy atom. The molecule has 0 spiro atoms. The van der Waals surface area contributed by atoms with Crippen LogP contribution in [0.3, 0.4) is 0 Å². The summed E-state index contributed by atoms with van der Waals surface area (Å²) in [7, 11) is 4.44. The quantitative estimate of drug-likeness (QED) is 0.357. The van der Waals surface area contributed by atoms with E-state index in [0.29, 0.717) is 0 Å². The van der Waals surface area contributed by atoms with Gasteiger partial charge in [-0.2, -0.15) is 0 Å². The van der Waals surface area contributed by atoms with Crippen molar-refractivity contribution in [3.63, 3.8) is 0 Å². The maximum absolute atomic E-state index is 2.60. The molecule has 4 nitrogen and oxygen atoms in total. The van der Waals surface area contributed by atoms with Gasteiger partial charge in [-0.15, -0.1) is 0 Å². The average molecular weight is 513 g/mol. The van der Waals surface area contributed by atoms with E-state index < -0.39 is 0 Å². The van der Waals surface area contributed by atoms with Crippen molar-refractivity contribution in [2.24, 2.45) is 0 Å². The highest BCUT2D eigenvalue weighted by Gasteiger charge is 2.13. The molecule has 0 N–H and O–H groups in total. The van der Waals surface area contributed by atoms with E-state index >= 15 is 0 Å². The van der Waals surface area contributed by atoms with Gasteiger partial charge in [0, 0.05) is 52.4 Å². The molecule has 0 bridgehead atoms. The first-order chi connectivity index (χ1) is 18.6. The largest absolute Gasteiger partial charge is 0.304 e. The van der Waals surface area contributed by atoms with Crippen molar-refractivity contribution < 1.29 is 0 Å². The van der Waals surface area contributed by atoms with Crippen molar-refractivity contribution in [3.8, 4) is 0 Å². The van der Waals surface area contributed by atoms with Gasteiger partial charge in [-0.1, -0.05) is 85.0 Å². The number of benzene rings is 2. The fraction of sp³-hybridized carbons (Fsp3) is 0.471. The first kappa shape index (κ1) is 28.5. The first-order valence-electron chi connectivity index (χ1n) is 14.7. The van der Waals surface area contributed by atoms with Gasteiger partial charge >= 0.3 is 0 Å². The minimum atomic E-state index is 1.17. The number of hydrogen-bond donors (Lipinski definition) is 0. The molecular formula is C34H48N4. The van der Waals surface area contributed by atoms with Crippen molar-refractivity contribution in [3.05, 3.63) is 95.1 Å². The van der Waals surface area contributed by atoms with Gasteiger partial charge in [0.1, 0.15) is 0 Å². The summed E-state index contributed by atoms with van der Waals surface area (Å²) in [5, 5.41) is 0. The Hall–Kier alpha value is -2.50. The molecule has 0 atom stereocenters. The van der Waals surface area contributed by atoms with Gasteiger partial charge < -0.3 is 19.6 Å². The van der Waals surface area contributed by atoms with Crippen LogP contribution < -0.4 is 0 Å². The molecule has 0 amide bonds. The highest BCUT2D eigenvalue weighted by atomic mass is 15.2. The zero-order valence-corrected chi connectivity index (χ0v) is 23.8. The fourth-order valence-electron chi connectivity index (χ4n) is 5.21. The number of nitrogens with zero attached hydrogens (tertiary/aromatic N) is 4. The van der Waals surface area contributed by atoms with E-state index in [9.17, 15) is 0 Å². The minimum absolute atomic E-state index is 1.17. The molecule has 2 fully saturated rings. The number of hydrogen-bond acceptors (Lipinski definition) is 4. The summed E-state index contributed by atoms with van der Waals surface area (Å²) in [5.41, 5.74) is 5.39. The Balaban J connectivity index is 1.10. The van der Waals surface area contributed by atoms with Gasteiger partial charge in [-0.25, -0.2) is 0 Å². The minimum Gasteiger partial charge on any atom is -0.304 e. The van der Waals surface area contributed by atoms with Crippen LogP contribution in [0.4, 0.5) is 0 Å². The van der Waals surface area contributed by atoms with Crippen LogP contribution in [0.5, 0.6) is 0 Å². The van der Waals surface area contributed by atoms with Crippen molar-refractivity contribution in [2.45, 2.75) is 25.7 Å². The third-order valence-corrected chi connectivity index (χ3v) is 7.94. The van der Waals surface area contributed by atoms with Gasteiger partial charge in [0.2, 0.25) is 0 Å². The maximum Gasteiger partial charge on any atom is 0.0110 e. The lowest BCUT2D eigenvalue weighted by Gasteiger charge is -2.32. The molecule has 2 aromatic rings. The average Bonchev–Trinajstić information content (AvgIpc) is 2.94. The van der Waals surface area contributed by atoms with Crippen LogP contribution in [0.1, 0.15) is 35.1 Å². The van der Waals surface area contributed by atoms with Gasteiger partial charge in [-0.05, 0) is 75.1 Å². The van der Waals surface area contributed by atoms with Crippen LogP contribution in [-0.2, 0) is 12.8 Å². The number of allylic oxidation sites excluding steroid dienone is 4. The van der Waals surface area contributed by atoms with E-state index in [2.05, 4.69) is 119 Å². The van der Waals surface area contributed by atoms with E-state index in [1.807, 2.05) is 0 Å². The standard InChI is InChI=1S/C34H48N4/c1-35-23-27-37(28-24-35)21-7-11-33-17-13-31(14-18-33)9-5-3-4-6-10-32-15-19-34(20-16-32)12-8-22-38-29-25-36(2)26-30-38/h3-6,9-10,13-20H,7-8,11-12,21-30H2,1-2H3/b4-3+,9-5+,10-6+. The lowest BCUT2D eigenvalue weighted by Crippen LogP contribution is -2.44. The summed E-state index contributed by atoms with van der Waals surface area (Å²) >= 11 is 0. The third kappa shape index (κ3) is 10.3. The van der Waals surface area contributed by atoms with Crippen LogP contribution in [0.15, 0.2) is 72.8 Å². The van der Waals surface area contributed by atoms with Crippen LogP contribution in [-0.4, -0.2) is 99.1 Å². The Morgan fingerprint density at radius 2 is 0.868 bits per heavy atom. The summed E-state index contributed by atoms with van der Waals surface area (Å²) in [4.78, 5) is 10.0. The van der Waals surface area contributed by atoms with Crippen molar-refractivity contribution in [2.75, 3.05) is 79.5 Å². The molecule has 2 aromatic carbocycles. The number of aryl methyl sites for hydroxylation is 2. The number of piperazine rings is 2. The third-order valence-electron chi connectivity index (χ3n) is 7.94. The zero-order chi connectivity index (χ0) is 26.4. The molecule has 2 heterocycles. The molecule has 0 radical (unpaired) electrons. The van der Waals surface area contributed by atoms with Crippen LogP contribution in [0, 0.1) is 0 Å². The first-order valence-corrected chi connectivity index (χ1v) is 14.7. The second-order valence-corrected chi connectivity index (χ2v) is 11.1. The lowest BCUT2D eigenvalue weighted by molar-refractivity contribution is 0.153. The van der Waals surface area contributed by atoms with E-state index in [0.717, 1.165) is 0 Å². The number of likely N-dealkylation sites (N-methyl/N-ethyl adjacent to an activating group) is 2. The molecule has 2 aliphatic heterocycles. The normalized spacial score (nSPS) is 18.9. The lowest BCUT2D eigenvalue weighted by atomic mass is 10.1. The van der Waals surface area contributed by atoms with Crippen LogP contribution in [0.25, 0.3) is 12.2 Å². The van der Waals surface area contributed by atoms with Gasteiger partial charge in [0.25, 0.3) is 0 Å². The van der Waals surface area contributed by atoms with Crippen LogP contribution >= 0.6 is 0 Å². The fourth-order valence-corrected chi connectivity index (χ4v) is 5.21. The van der Waals surface area contributed by atoms with E-state index in [4.69, 9.17) is 0 Å². The van der Waals surface area contributed by atoms with Crippen LogP contribution in [0.2, 0.25) is 0 Å². The molecule has 204 valence electrons. The molecular weight excluding hydrogens is 464 g/mol. The predicted molar refractivity (Wildman–Crippen MR) is 165 cm³/mol. The van der Waals surface area contributed by atoms with E-state index in [1.165, 1.54) is 113 Å². The smallest absolute Gasteiger partial charge is 0.0110 e. The molecule has 0 unspecified atom stereocenters. The molecule has 0 aliphatic carbocycles. The highest BCUT2D eigenvalue weighted by Crippen LogP contribution is 2.11. The summed E-state index contributed by atoms with van der Waals surface area (Å²) in [6.45, 7) is 12.1. The molecule has 2 aliphatic rings. The molecule has 4 heteroatoms. The summed E-state index contributed by atoms with van der Waals surface area (Å²) < 4.78 is 0. The predicted octanol–water partition coefficient (Wildman–Crippen LogP) is 5.33. The Morgan fingerprint density at radius 3 is 1.24 bits per heavy atom. The second kappa shape index (κ2) is 15.8. The van der Waals surface area contributed by atoms with Crippen molar-refractivity contribution in [1.82, 2.24) is 19.6 Å². The van der Waals surface area contributed by atoms with Gasteiger partial charge in [0.05, 0.1) is 0 Å². The van der Waals surface area contributed by atoms with Crippen molar-refractivity contribution >= 4 is 12.2 Å². The maximum atomic E-state index is 2.60. The Labute approximate surface area is 231 Å². The van der Waals surface area contributed by atoms with E-state index in [-0.39, 0.29) is 0 Å². The monoisotopic (exact) mass is 512 g/mol. The van der Waals surface area contributed by atoms with Gasteiger partial charge in [0.15, 0.2) is 0 Å². The van der Waals surface area contributed by atoms with Crippen molar-refractivity contribution in [1.29, 1.82) is 0 Å². The molecule has 2 saturated heterocycles. The topological polar surface area (TPSA) is 13.0 Å². The molecule has 38 heavy (non-hydrogen) atoms. The number of rotatable bonds is 12.